The summed E-state index contributed by atoms with van der Waals surface area (Å²) in [6, 6.07) is 8.96. The van der Waals surface area contributed by atoms with E-state index in [0.717, 1.165) is 5.76 Å². The monoisotopic (exact) mass is 313 g/mol. The Morgan fingerprint density at radius 3 is 2.35 bits per heavy atom. The van der Waals surface area contributed by atoms with Gasteiger partial charge in [-0.25, -0.2) is 8.42 Å². The minimum atomic E-state index is -3.77. The van der Waals surface area contributed by atoms with Crippen LogP contribution in [0.15, 0.2) is 45.7 Å². The van der Waals surface area contributed by atoms with Crippen LogP contribution in [0.25, 0.3) is 0 Å². The van der Waals surface area contributed by atoms with E-state index in [0.29, 0.717) is 11.3 Å². The van der Waals surface area contributed by atoms with E-state index in [9.17, 15) is 13.2 Å². The Labute approximate surface area is 121 Å². The standard InChI is InChI=1S/C13H12ClNO4S/c1-9-2-5-11(19-9)8-15-13(16)10-3-6-12(7-4-10)20(14,17)18/h2-7H,8H2,1H3,(H,15,16). The number of hydrogen-bond donors (Lipinski definition) is 1. The van der Waals surface area contributed by atoms with Crippen molar-refractivity contribution >= 4 is 25.6 Å². The molecule has 20 heavy (non-hydrogen) atoms. The summed E-state index contributed by atoms with van der Waals surface area (Å²) >= 11 is 0. The molecule has 1 amide bonds. The van der Waals surface area contributed by atoms with Gasteiger partial charge < -0.3 is 9.73 Å². The summed E-state index contributed by atoms with van der Waals surface area (Å²) in [7, 11) is 1.42. The van der Waals surface area contributed by atoms with Crippen LogP contribution in [0.3, 0.4) is 0 Å². The van der Waals surface area contributed by atoms with Gasteiger partial charge in [-0.15, -0.1) is 0 Å². The Hall–Kier alpha value is -1.79. The largest absolute Gasteiger partial charge is 0.465 e. The molecule has 0 atom stereocenters. The Balaban J connectivity index is 2.02. The lowest BCUT2D eigenvalue weighted by Gasteiger charge is -2.04. The van der Waals surface area contributed by atoms with Crippen LogP contribution in [0.4, 0.5) is 0 Å². The van der Waals surface area contributed by atoms with E-state index in [4.69, 9.17) is 15.1 Å². The molecule has 0 radical (unpaired) electrons. The molecule has 1 heterocycles. The SMILES string of the molecule is Cc1ccc(CNC(=O)c2ccc(S(=O)(=O)Cl)cc2)o1. The summed E-state index contributed by atoms with van der Waals surface area (Å²) in [4.78, 5) is 11.8. The Kier molecular flexibility index (Phi) is 4.15. The summed E-state index contributed by atoms with van der Waals surface area (Å²) in [6.45, 7) is 2.08. The quantitative estimate of drug-likeness (QED) is 0.880. The number of carbonyl (C=O) groups excluding carboxylic acids is 1. The number of nitrogens with one attached hydrogen (secondary N) is 1. The van der Waals surface area contributed by atoms with Crippen molar-refractivity contribution < 1.29 is 17.6 Å². The predicted molar refractivity (Wildman–Crippen MR) is 74.1 cm³/mol. The van der Waals surface area contributed by atoms with Crippen molar-refractivity contribution in [2.24, 2.45) is 0 Å². The molecule has 1 N–H and O–H groups in total. The smallest absolute Gasteiger partial charge is 0.261 e. The molecule has 1 aromatic heterocycles. The molecule has 2 rings (SSSR count). The number of halogens is 1. The van der Waals surface area contributed by atoms with Crippen molar-refractivity contribution in [2.45, 2.75) is 18.4 Å². The van der Waals surface area contributed by atoms with Gasteiger partial charge in [-0.05, 0) is 43.3 Å². The zero-order chi connectivity index (χ0) is 14.8. The van der Waals surface area contributed by atoms with E-state index in [1.807, 2.05) is 13.0 Å². The van der Waals surface area contributed by atoms with Gasteiger partial charge in [0.25, 0.3) is 15.0 Å². The van der Waals surface area contributed by atoms with E-state index in [-0.39, 0.29) is 17.3 Å². The fourth-order valence-corrected chi connectivity index (χ4v) is 2.39. The summed E-state index contributed by atoms with van der Waals surface area (Å²) in [6.07, 6.45) is 0. The molecule has 0 spiro atoms. The van der Waals surface area contributed by atoms with Gasteiger partial charge in [-0.3, -0.25) is 4.79 Å². The molecule has 0 aliphatic carbocycles. The van der Waals surface area contributed by atoms with Crippen molar-refractivity contribution in [1.82, 2.24) is 5.32 Å². The number of furan rings is 1. The molecular formula is C13H12ClNO4S. The van der Waals surface area contributed by atoms with Crippen molar-refractivity contribution in [3.8, 4) is 0 Å². The fraction of sp³-hybridized carbons (Fsp3) is 0.154. The van der Waals surface area contributed by atoms with E-state index < -0.39 is 9.05 Å². The number of amides is 1. The lowest BCUT2D eigenvalue weighted by atomic mass is 10.2. The molecule has 106 valence electrons. The third-order valence-corrected chi connectivity index (χ3v) is 3.99. The average molecular weight is 314 g/mol. The van der Waals surface area contributed by atoms with Crippen molar-refractivity contribution in [1.29, 1.82) is 0 Å². The maximum absolute atomic E-state index is 11.9. The van der Waals surface area contributed by atoms with Crippen LogP contribution in [-0.4, -0.2) is 14.3 Å². The van der Waals surface area contributed by atoms with Crippen LogP contribution in [-0.2, 0) is 15.6 Å². The molecule has 0 unspecified atom stereocenters. The summed E-state index contributed by atoms with van der Waals surface area (Å²) in [5, 5.41) is 2.67. The van der Waals surface area contributed by atoms with Crippen molar-refractivity contribution in [2.75, 3.05) is 0 Å². The minimum absolute atomic E-state index is 0.0441. The highest BCUT2D eigenvalue weighted by atomic mass is 35.7. The first kappa shape index (κ1) is 14.6. The van der Waals surface area contributed by atoms with Crippen LogP contribution in [0.2, 0.25) is 0 Å². The van der Waals surface area contributed by atoms with Crippen LogP contribution < -0.4 is 5.32 Å². The Bertz CT molecular complexity index is 719. The second-order valence-corrected chi connectivity index (χ2v) is 6.72. The average Bonchev–Trinajstić information content (AvgIpc) is 2.81. The third kappa shape index (κ3) is 3.61. The van der Waals surface area contributed by atoms with Crippen LogP contribution in [0.1, 0.15) is 21.9 Å². The molecular weight excluding hydrogens is 302 g/mol. The molecule has 0 fully saturated rings. The van der Waals surface area contributed by atoms with Gasteiger partial charge >= 0.3 is 0 Å². The molecule has 5 nitrogen and oxygen atoms in total. The highest BCUT2D eigenvalue weighted by Crippen LogP contribution is 2.15. The molecule has 1 aromatic carbocycles. The van der Waals surface area contributed by atoms with Gasteiger partial charge in [0.15, 0.2) is 0 Å². The van der Waals surface area contributed by atoms with E-state index in [1.54, 1.807) is 6.07 Å². The predicted octanol–water partition coefficient (Wildman–Crippen LogP) is 2.45. The summed E-state index contributed by atoms with van der Waals surface area (Å²) in [5.74, 6) is 1.10. The van der Waals surface area contributed by atoms with Crippen LogP contribution in [0.5, 0.6) is 0 Å². The third-order valence-electron chi connectivity index (χ3n) is 2.62. The van der Waals surface area contributed by atoms with Gasteiger partial charge in [-0.1, -0.05) is 0 Å². The molecule has 0 aliphatic heterocycles. The van der Waals surface area contributed by atoms with E-state index >= 15 is 0 Å². The number of hydrogen-bond acceptors (Lipinski definition) is 4. The van der Waals surface area contributed by atoms with Gasteiger partial charge in [0.1, 0.15) is 11.5 Å². The number of aryl methyl sites for hydroxylation is 1. The fourth-order valence-electron chi connectivity index (χ4n) is 1.62. The molecule has 7 heteroatoms. The summed E-state index contributed by atoms with van der Waals surface area (Å²) < 4.78 is 27.5. The maximum Gasteiger partial charge on any atom is 0.261 e. The number of rotatable bonds is 4. The first-order valence-corrected chi connectivity index (χ1v) is 8.05. The normalized spacial score (nSPS) is 11.3. The zero-order valence-corrected chi connectivity index (χ0v) is 12.2. The van der Waals surface area contributed by atoms with Crippen molar-refractivity contribution in [3.05, 3.63) is 53.5 Å². The van der Waals surface area contributed by atoms with E-state index in [2.05, 4.69) is 5.32 Å². The second kappa shape index (κ2) is 5.68. The van der Waals surface area contributed by atoms with Gasteiger partial charge in [0.2, 0.25) is 0 Å². The van der Waals surface area contributed by atoms with Gasteiger partial charge in [0.05, 0.1) is 11.4 Å². The van der Waals surface area contributed by atoms with Crippen molar-refractivity contribution in [3.63, 3.8) is 0 Å². The second-order valence-electron chi connectivity index (χ2n) is 4.16. The first-order valence-electron chi connectivity index (χ1n) is 5.74. The Morgan fingerprint density at radius 1 is 1.20 bits per heavy atom. The first-order chi connectivity index (χ1) is 9.36. The molecule has 0 aliphatic rings. The highest BCUT2D eigenvalue weighted by Gasteiger charge is 2.11. The topological polar surface area (TPSA) is 76.4 Å². The summed E-state index contributed by atoms with van der Waals surface area (Å²) in [5.41, 5.74) is 0.345. The van der Waals surface area contributed by atoms with Crippen LogP contribution >= 0.6 is 10.7 Å². The zero-order valence-electron chi connectivity index (χ0n) is 10.6. The molecule has 0 saturated heterocycles. The van der Waals surface area contributed by atoms with Gasteiger partial charge in [0, 0.05) is 16.2 Å². The molecule has 2 aromatic rings. The Morgan fingerprint density at radius 2 is 1.85 bits per heavy atom. The molecule has 0 bridgehead atoms. The lowest BCUT2D eigenvalue weighted by Crippen LogP contribution is -2.22. The maximum atomic E-state index is 11.9. The lowest BCUT2D eigenvalue weighted by molar-refractivity contribution is 0.0948. The van der Waals surface area contributed by atoms with Crippen LogP contribution in [0, 0.1) is 6.92 Å². The molecule has 0 saturated carbocycles. The highest BCUT2D eigenvalue weighted by molar-refractivity contribution is 8.13. The van der Waals surface area contributed by atoms with E-state index in [1.165, 1.54) is 24.3 Å². The number of benzene rings is 1. The van der Waals surface area contributed by atoms with Gasteiger partial charge in [-0.2, -0.15) is 0 Å². The number of carbonyl (C=O) groups is 1. The minimum Gasteiger partial charge on any atom is -0.465 e.